The number of thiol groups is 2. The molecule has 2 amide bonds. The summed E-state index contributed by atoms with van der Waals surface area (Å²) in [4.78, 5) is 21.6. The standard InChI is InChI=1S/C9H10N2O2S2/c12-8(14)10-7(11-9(13)15)6-4-2-1-3-5-6/h1-5,7H,(H2,10,12,14)(H2,11,13,15). The van der Waals surface area contributed by atoms with Crippen molar-refractivity contribution in [3.8, 4) is 0 Å². The van der Waals surface area contributed by atoms with Crippen LogP contribution in [-0.2, 0) is 0 Å². The number of carbonyl (C=O) groups excluding carboxylic acids is 2. The highest BCUT2D eigenvalue weighted by Crippen LogP contribution is 2.10. The Balaban J connectivity index is 2.81. The molecule has 0 fully saturated rings. The Morgan fingerprint density at radius 2 is 1.47 bits per heavy atom. The molecule has 0 saturated heterocycles. The van der Waals surface area contributed by atoms with Crippen LogP contribution in [0.25, 0.3) is 0 Å². The molecule has 1 rings (SSSR count). The molecule has 0 radical (unpaired) electrons. The molecule has 0 heterocycles. The van der Waals surface area contributed by atoms with E-state index < -0.39 is 16.6 Å². The fourth-order valence-corrected chi connectivity index (χ4v) is 1.35. The minimum absolute atomic E-state index is 0.522. The van der Waals surface area contributed by atoms with Crippen molar-refractivity contribution in [2.24, 2.45) is 0 Å². The Morgan fingerprint density at radius 1 is 1.00 bits per heavy atom. The minimum atomic E-state index is -0.610. The molecule has 0 saturated carbocycles. The number of carbonyl (C=O) groups is 2. The van der Waals surface area contributed by atoms with Gasteiger partial charge < -0.3 is 10.6 Å². The normalized spacial score (nSPS) is 9.80. The van der Waals surface area contributed by atoms with Crippen molar-refractivity contribution in [2.45, 2.75) is 6.17 Å². The van der Waals surface area contributed by atoms with E-state index in [9.17, 15) is 9.59 Å². The lowest BCUT2D eigenvalue weighted by Crippen LogP contribution is -2.36. The lowest BCUT2D eigenvalue weighted by Gasteiger charge is -2.17. The van der Waals surface area contributed by atoms with Crippen LogP contribution in [0.5, 0.6) is 0 Å². The van der Waals surface area contributed by atoms with Gasteiger partial charge in [0.15, 0.2) is 0 Å². The molecule has 6 heteroatoms. The SMILES string of the molecule is O=C(S)NC(NC(=O)S)c1ccccc1. The van der Waals surface area contributed by atoms with E-state index in [-0.39, 0.29) is 0 Å². The highest BCUT2D eigenvalue weighted by molar-refractivity contribution is 7.96. The smallest absolute Gasteiger partial charge is 0.277 e. The Bertz CT molecular complexity index is 340. The first-order valence-electron chi connectivity index (χ1n) is 4.13. The lowest BCUT2D eigenvalue weighted by molar-refractivity contribution is 0.249. The number of rotatable bonds is 3. The number of amides is 2. The van der Waals surface area contributed by atoms with E-state index in [0.29, 0.717) is 0 Å². The van der Waals surface area contributed by atoms with E-state index in [1.54, 1.807) is 24.3 Å². The Morgan fingerprint density at radius 3 is 1.87 bits per heavy atom. The van der Waals surface area contributed by atoms with Gasteiger partial charge in [-0.1, -0.05) is 55.6 Å². The Kier molecular flexibility index (Phi) is 4.51. The molecule has 0 spiro atoms. The van der Waals surface area contributed by atoms with Crippen LogP contribution in [0.1, 0.15) is 11.7 Å². The van der Waals surface area contributed by atoms with Gasteiger partial charge in [0.1, 0.15) is 6.17 Å². The van der Waals surface area contributed by atoms with E-state index in [4.69, 9.17) is 0 Å². The van der Waals surface area contributed by atoms with Gasteiger partial charge in [-0.3, -0.25) is 9.59 Å². The summed E-state index contributed by atoms with van der Waals surface area (Å²) in [6, 6.07) is 9.00. The average molecular weight is 242 g/mol. The van der Waals surface area contributed by atoms with Crippen molar-refractivity contribution in [1.29, 1.82) is 0 Å². The molecule has 15 heavy (non-hydrogen) atoms. The second-order valence-electron chi connectivity index (χ2n) is 2.74. The van der Waals surface area contributed by atoms with E-state index in [1.165, 1.54) is 0 Å². The van der Waals surface area contributed by atoms with Crippen molar-refractivity contribution in [3.63, 3.8) is 0 Å². The molecule has 0 aromatic heterocycles. The van der Waals surface area contributed by atoms with Crippen LogP contribution in [-0.4, -0.2) is 10.5 Å². The third kappa shape index (κ3) is 4.26. The molecule has 0 unspecified atom stereocenters. The predicted octanol–water partition coefficient (Wildman–Crippen LogP) is 1.96. The zero-order chi connectivity index (χ0) is 11.3. The molecule has 80 valence electrons. The molecule has 0 aliphatic heterocycles. The van der Waals surface area contributed by atoms with Crippen molar-refractivity contribution in [1.82, 2.24) is 10.6 Å². The highest BCUT2D eigenvalue weighted by atomic mass is 32.1. The van der Waals surface area contributed by atoms with Gasteiger partial charge in [-0.15, -0.1) is 0 Å². The zero-order valence-corrected chi connectivity index (χ0v) is 9.46. The molecular weight excluding hydrogens is 232 g/mol. The molecule has 0 bridgehead atoms. The monoisotopic (exact) mass is 242 g/mol. The van der Waals surface area contributed by atoms with Crippen LogP contribution in [0, 0.1) is 0 Å². The van der Waals surface area contributed by atoms with Gasteiger partial charge in [0.05, 0.1) is 0 Å². The van der Waals surface area contributed by atoms with Gasteiger partial charge in [0.25, 0.3) is 10.5 Å². The van der Waals surface area contributed by atoms with Crippen molar-refractivity contribution < 1.29 is 9.59 Å². The number of nitrogens with one attached hydrogen (secondary N) is 2. The predicted molar refractivity (Wildman–Crippen MR) is 64.2 cm³/mol. The zero-order valence-electron chi connectivity index (χ0n) is 7.68. The van der Waals surface area contributed by atoms with Crippen LogP contribution < -0.4 is 10.6 Å². The summed E-state index contributed by atoms with van der Waals surface area (Å²) in [5, 5.41) is 3.90. The van der Waals surface area contributed by atoms with Gasteiger partial charge in [-0.2, -0.15) is 0 Å². The van der Waals surface area contributed by atoms with Gasteiger partial charge in [0, 0.05) is 0 Å². The summed E-state index contributed by atoms with van der Waals surface area (Å²) < 4.78 is 0. The van der Waals surface area contributed by atoms with Crippen LogP contribution in [0.4, 0.5) is 9.59 Å². The number of benzene rings is 1. The largest absolute Gasteiger partial charge is 0.323 e. The molecular formula is C9H10N2O2S2. The topological polar surface area (TPSA) is 58.2 Å². The van der Waals surface area contributed by atoms with Gasteiger partial charge >= 0.3 is 0 Å². The first-order chi connectivity index (χ1) is 7.09. The molecule has 1 aromatic rings. The quantitative estimate of drug-likeness (QED) is 0.484. The summed E-state index contributed by atoms with van der Waals surface area (Å²) in [5.41, 5.74) is 0.752. The van der Waals surface area contributed by atoms with Crippen LogP contribution >= 0.6 is 25.3 Å². The maximum absolute atomic E-state index is 10.8. The Hall–Kier alpha value is -1.14. The van der Waals surface area contributed by atoms with Crippen molar-refractivity contribution >= 4 is 35.7 Å². The molecule has 4 nitrogen and oxygen atoms in total. The van der Waals surface area contributed by atoms with E-state index in [1.807, 2.05) is 6.07 Å². The average Bonchev–Trinajstić information content (AvgIpc) is 2.17. The van der Waals surface area contributed by atoms with Gasteiger partial charge in [-0.25, -0.2) is 0 Å². The lowest BCUT2D eigenvalue weighted by atomic mass is 10.2. The first kappa shape index (κ1) is 11.9. The van der Waals surface area contributed by atoms with Crippen LogP contribution in [0.3, 0.4) is 0 Å². The van der Waals surface area contributed by atoms with Crippen molar-refractivity contribution in [2.75, 3.05) is 0 Å². The van der Waals surface area contributed by atoms with E-state index in [0.717, 1.165) is 5.56 Å². The minimum Gasteiger partial charge on any atom is -0.323 e. The maximum Gasteiger partial charge on any atom is 0.277 e. The van der Waals surface area contributed by atoms with E-state index >= 15 is 0 Å². The number of hydrogen-bond donors (Lipinski definition) is 4. The van der Waals surface area contributed by atoms with E-state index in [2.05, 4.69) is 35.9 Å². The molecule has 0 aliphatic rings. The van der Waals surface area contributed by atoms with Gasteiger partial charge in [0.2, 0.25) is 0 Å². The maximum atomic E-state index is 10.8. The highest BCUT2D eigenvalue weighted by Gasteiger charge is 2.13. The fourth-order valence-electron chi connectivity index (χ4n) is 1.10. The van der Waals surface area contributed by atoms with Gasteiger partial charge in [-0.05, 0) is 5.56 Å². The van der Waals surface area contributed by atoms with Crippen molar-refractivity contribution in [3.05, 3.63) is 35.9 Å². The molecule has 1 aromatic carbocycles. The fraction of sp³-hybridized carbons (Fsp3) is 0.111. The summed E-state index contributed by atoms with van der Waals surface area (Å²) in [7, 11) is 0. The Labute approximate surface area is 98.3 Å². The molecule has 2 N–H and O–H groups in total. The summed E-state index contributed by atoms with van der Waals surface area (Å²) in [5.74, 6) is 0. The summed E-state index contributed by atoms with van der Waals surface area (Å²) in [6.45, 7) is 0. The summed E-state index contributed by atoms with van der Waals surface area (Å²) >= 11 is 7.17. The second-order valence-corrected chi connectivity index (χ2v) is 3.56. The van der Waals surface area contributed by atoms with Crippen LogP contribution in [0.15, 0.2) is 30.3 Å². The molecule has 0 aliphatic carbocycles. The third-order valence-electron chi connectivity index (χ3n) is 1.67. The third-order valence-corrected chi connectivity index (χ3v) is 1.93. The first-order valence-corrected chi connectivity index (χ1v) is 5.03. The second kappa shape index (κ2) is 5.67. The molecule has 0 atom stereocenters. The summed E-state index contributed by atoms with van der Waals surface area (Å²) in [6.07, 6.45) is -0.610. The van der Waals surface area contributed by atoms with Crippen LogP contribution in [0.2, 0.25) is 0 Å². The number of hydrogen-bond acceptors (Lipinski definition) is 2.